The molecular weight excluding hydrogens is 849 g/mol. The molecule has 324 valence electrons. The number of hydrogen-bond donors (Lipinski definition) is 0. The molecule has 8 aromatic carbocycles. The largest absolute Gasteiger partial charge is 0.0780 e. The average molecular weight is 901 g/mol. The van der Waals surface area contributed by atoms with Crippen LogP contribution >= 0.6 is 0 Å². The van der Waals surface area contributed by atoms with Crippen molar-refractivity contribution in [2.45, 2.75) is 50.1 Å². The van der Waals surface area contributed by atoms with Crippen molar-refractivity contribution in [2.24, 2.45) is 0 Å². The number of rotatable bonds is 2. The highest BCUT2D eigenvalue weighted by Gasteiger charge is 2.62. The lowest BCUT2D eigenvalue weighted by atomic mass is 9.61. The highest BCUT2D eigenvalue weighted by molar-refractivity contribution is 6.85. The molecule has 0 saturated carbocycles. The second kappa shape index (κ2) is 13.8. The summed E-state index contributed by atoms with van der Waals surface area (Å²) in [5.41, 5.74) is 29.1. The summed E-state index contributed by atoms with van der Waals surface area (Å²) in [6, 6.07) is 74.9. The van der Waals surface area contributed by atoms with E-state index in [1.54, 1.807) is 10.4 Å². The number of allylic oxidation sites excluding steroid dienone is 8. The van der Waals surface area contributed by atoms with Crippen LogP contribution in [0, 0.1) is 0 Å². The maximum atomic E-state index is 2.79. The second-order valence-electron chi connectivity index (χ2n) is 21.8. The minimum atomic E-state index is -2.17. The fourth-order valence-corrected chi connectivity index (χ4v) is 17.2. The van der Waals surface area contributed by atoms with Crippen molar-refractivity contribution in [3.63, 3.8) is 0 Å². The van der Waals surface area contributed by atoms with Crippen LogP contribution in [-0.2, 0) is 10.8 Å². The Morgan fingerprint density at radius 3 is 0.691 bits per heavy atom. The normalized spacial score (nSPS) is 18.3. The van der Waals surface area contributed by atoms with Crippen molar-refractivity contribution >= 4 is 27.3 Å². The molecule has 0 fully saturated rings. The van der Waals surface area contributed by atoms with Gasteiger partial charge < -0.3 is 0 Å². The van der Waals surface area contributed by atoms with Gasteiger partial charge in [0.15, 0.2) is 0 Å². The van der Waals surface area contributed by atoms with Gasteiger partial charge in [0.1, 0.15) is 0 Å². The SMILES string of the molecule is C[Si](C)(C)C1=C/C(=C2/C=C([Si](C)(C)C)C(=C3c4ccccc4-c4ccccc43)C23c2ccccc2-c2ccccc23)C2(C1=C1c3ccccc3-c3ccccc31)c1ccccc1-c1ccccc12. The van der Waals surface area contributed by atoms with E-state index >= 15 is 0 Å². The minimum absolute atomic E-state index is 0.621. The van der Waals surface area contributed by atoms with E-state index < -0.39 is 27.0 Å². The fraction of sp³-hybridized carbons (Fsp3) is 0.121. The van der Waals surface area contributed by atoms with Crippen LogP contribution in [0.5, 0.6) is 0 Å². The Kier molecular flexibility index (Phi) is 8.09. The zero-order valence-electron chi connectivity index (χ0n) is 39.6. The Bertz CT molecular complexity index is 3320. The lowest BCUT2D eigenvalue weighted by Crippen LogP contribution is -2.36. The molecule has 14 rings (SSSR count). The molecule has 0 N–H and O–H groups in total. The zero-order valence-corrected chi connectivity index (χ0v) is 41.6. The molecule has 0 heterocycles. The standard InChI is InChI=1S/C66H52Si2/c1-67(2,3)59-39-57(65(53-35-19-15-27-45(53)46-28-16-20-36-54(46)65)63(59)61-49-31-11-7-23-41(49)42-24-8-12-32-50(42)61)58-40-60(68(4,5)6)64(62-51-33-13-9-25-43(51)44-26-10-14-34-52(44)62)66(58)55-37-21-17-29-47(55)48-30-18-22-38-56(48)66/h7-40H,1-6H3/b58-57+. The van der Waals surface area contributed by atoms with Gasteiger partial charge in [-0.2, -0.15) is 0 Å². The van der Waals surface area contributed by atoms with Crippen molar-refractivity contribution in [2.75, 3.05) is 0 Å². The first-order valence-electron chi connectivity index (χ1n) is 24.5. The highest BCUT2D eigenvalue weighted by Crippen LogP contribution is 2.72. The fourth-order valence-electron chi connectivity index (χ4n) is 13.9. The van der Waals surface area contributed by atoms with Gasteiger partial charge in [-0.1, -0.05) is 256 Å². The van der Waals surface area contributed by atoms with Crippen molar-refractivity contribution in [3.8, 4) is 44.5 Å². The summed E-state index contributed by atoms with van der Waals surface area (Å²) in [4.78, 5) is 0. The van der Waals surface area contributed by atoms with Gasteiger partial charge in [0, 0.05) is 0 Å². The van der Waals surface area contributed by atoms with E-state index in [0.29, 0.717) is 0 Å². The first kappa shape index (κ1) is 40.0. The first-order valence-corrected chi connectivity index (χ1v) is 31.5. The third kappa shape index (κ3) is 4.89. The van der Waals surface area contributed by atoms with Crippen molar-refractivity contribution in [1.82, 2.24) is 0 Å². The van der Waals surface area contributed by atoms with Crippen molar-refractivity contribution in [3.05, 3.63) is 283 Å². The van der Waals surface area contributed by atoms with E-state index in [2.05, 4.69) is 246 Å². The molecule has 0 saturated heterocycles. The molecule has 0 amide bonds. The molecule has 6 aliphatic rings. The van der Waals surface area contributed by atoms with Gasteiger partial charge in [0.05, 0.1) is 27.0 Å². The van der Waals surface area contributed by atoms with E-state index in [-0.39, 0.29) is 0 Å². The predicted molar refractivity (Wildman–Crippen MR) is 291 cm³/mol. The topological polar surface area (TPSA) is 0 Å². The van der Waals surface area contributed by atoms with Crippen LogP contribution in [0.3, 0.4) is 0 Å². The number of benzene rings is 8. The zero-order chi connectivity index (χ0) is 45.9. The molecule has 0 atom stereocenters. The average Bonchev–Trinajstić information content (AvgIpc) is 4.18. The first-order chi connectivity index (χ1) is 33.1. The Hall–Kier alpha value is -7.11. The van der Waals surface area contributed by atoms with E-state index in [1.807, 2.05) is 0 Å². The van der Waals surface area contributed by atoms with Gasteiger partial charge in [0.2, 0.25) is 0 Å². The Morgan fingerprint density at radius 1 is 0.250 bits per heavy atom. The lowest BCUT2D eigenvalue weighted by Gasteiger charge is -2.41. The minimum Gasteiger partial charge on any atom is -0.0656 e. The maximum absolute atomic E-state index is 2.79. The molecule has 8 aromatic rings. The van der Waals surface area contributed by atoms with Gasteiger partial charge in [-0.15, -0.1) is 0 Å². The van der Waals surface area contributed by atoms with Crippen LogP contribution in [0.1, 0.15) is 44.5 Å². The third-order valence-electron chi connectivity index (χ3n) is 16.4. The van der Waals surface area contributed by atoms with Crippen LogP contribution in [-0.4, -0.2) is 16.1 Å². The van der Waals surface area contributed by atoms with E-state index in [9.17, 15) is 0 Å². The number of hydrogen-bond acceptors (Lipinski definition) is 0. The summed E-state index contributed by atoms with van der Waals surface area (Å²) in [6.07, 6.45) is 5.58. The molecular formula is C66H52Si2. The van der Waals surface area contributed by atoms with E-state index in [4.69, 9.17) is 0 Å². The monoisotopic (exact) mass is 900 g/mol. The Labute approximate surface area is 403 Å². The van der Waals surface area contributed by atoms with Crippen LogP contribution < -0.4 is 0 Å². The van der Waals surface area contributed by atoms with E-state index in [0.717, 1.165) is 0 Å². The van der Waals surface area contributed by atoms with Gasteiger partial charge in [0.25, 0.3) is 0 Å². The summed E-state index contributed by atoms with van der Waals surface area (Å²) in [6.45, 7) is 15.5. The van der Waals surface area contributed by atoms with Crippen molar-refractivity contribution in [1.29, 1.82) is 0 Å². The summed E-state index contributed by atoms with van der Waals surface area (Å²) in [7, 11) is -4.33. The molecule has 6 aliphatic carbocycles. The summed E-state index contributed by atoms with van der Waals surface area (Å²) in [5, 5.41) is 3.09. The smallest absolute Gasteiger partial charge is 0.0656 e. The molecule has 2 spiro atoms. The molecule has 68 heavy (non-hydrogen) atoms. The summed E-state index contributed by atoms with van der Waals surface area (Å²) < 4.78 is 0. The molecule has 0 radical (unpaired) electrons. The van der Waals surface area contributed by atoms with Crippen LogP contribution in [0.15, 0.2) is 239 Å². The van der Waals surface area contributed by atoms with Gasteiger partial charge >= 0.3 is 0 Å². The van der Waals surface area contributed by atoms with Crippen LogP contribution in [0.2, 0.25) is 39.3 Å². The summed E-state index contributed by atoms with van der Waals surface area (Å²) >= 11 is 0. The molecule has 0 unspecified atom stereocenters. The Balaban J connectivity index is 1.27. The molecule has 2 heteroatoms. The van der Waals surface area contributed by atoms with Crippen LogP contribution in [0.25, 0.3) is 55.7 Å². The second-order valence-corrected chi connectivity index (χ2v) is 31.9. The highest BCUT2D eigenvalue weighted by atomic mass is 28.3. The van der Waals surface area contributed by atoms with Gasteiger partial charge in [-0.05, 0) is 122 Å². The van der Waals surface area contributed by atoms with Crippen molar-refractivity contribution < 1.29 is 0 Å². The molecule has 0 nitrogen and oxygen atoms in total. The van der Waals surface area contributed by atoms with Crippen LogP contribution in [0.4, 0.5) is 0 Å². The Morgan fingerprint density at radius 2 is 0.456 bits per heavy atom. The lowest BCUT2D eigenvalue weighted by molar-refractivity contribution is 0.724. The molecule has 0 aromatic heterocycles. The van der Waals surface area contributed by atoms with Gasteiger partial charge in [-0.25, -0.2) is 0 Å². The third-order valence-corrected chi connectivity index (χ3v) is 20.4. The number of fused-ring (bicyclic) bond motifs is 16. The van der Waals surface area contributed by atoms with Gasteiger partial charge in [-0.3, -0.25) is 0 Å². The molecule has 0 aliphatic heterocycles. The van der Waals surface area contributed by atoms with E-state index in [1.165, 1.54) is 122 Å². The maximum Gasteiger partial charge on any atom is 0.0780 e. The quantitative estimate of drug-likeness (QED) is 0.152. The predicted octanol–water partition coefficient (Wildman–Crippen LogP) is 16.8. The summed E-state index contributed by atoms with van der Waals surface area (Å²) in [5.74, 6) is 0. The molecule has 0 bridgehead atoms.